The molecule has 0 fully saturated rings. The first-order valence-corrected chi connectivity index (χ1v) is 12.4. The molecule has 0 unspecified atom stereocenters. The molecule has 0 N–H and O–H groups in total. The molecule has 8 heteroatoms. The molecule has 0 amide bonds. The number of halogens is 6. The normalized spacial score (nSPS) is 14.4. The molecule has 0 aliphatic heterocycles. The molecule has 0 radical (unpaired) electrons. The van der Waals surface area contributed by atoms with Gasteiger partial charge in [0, 0.05) is 0 Å². The van der Waals surface area contributed by atoms with Crippen molar-refractivity contribution in [1.82, 2.24) is 0 Å². The predicted molar refractivity (Wildman–Crippen MR) is 111 cm³/mol. The van der Waals surface area contributed by atoms with Crippen LogP contribution >= 0.6 is 7.81 Å². The van der Waals surface area contributed by atoms with Gasteiger partial charge in [-0.1, -0.05) is 72.0 Å². The number of hydrogen-bond acceptors (Lipinski definition) is 0. The van der Waals surface area contributed by atoms with Crippen LogP contribution in [0.5, 0.6) is 0 Å². The molecule has 0 aromatic carbocycles. The molecule has 0 aliphatic rings. The quantitative estimate of drug-likeness (QED) is 0.0738. The van der Waals surface area contributed by atoms with Gasteiger partial charge >= 0.3 is 33.0 Å². The summed E-state index contributed by atoms with van der Waals surface area (Å²) in [5, 5.41) is 0. The number of nitrogens with zero attached hydrogens (tertiary/aromatic N) is 1. The predicted octanol–water partition coefficient (Wildman–Crippen LogP) is 9.50. The van der Waals surface area contributed by atoms with Crippen LogP contribution < -0.4 is 0 Å². The van der Waals surface area contributed by atoms with Gasteiger partial charge in [-0.25, -0.2) is 0 Å². The van der Waals surface area contributed by atoms with Gasteiger partial charge in [0.25, 0.3) is 0 Å². The van der Waals surface area contributed by atoms with Crippen LogP contribution in [0.4, 0.5) is 25.2 Å². The summed E-state index contributed by atoms with van der Waals surface area (Å²) in [4.78, 5) is 0. The van der Waals surface area contributed by atoms with Gasteiger partial charge in [-0.15, -0.1) is 0 Å². The summed E-state index contributed by atoms with van der Waals surface area (Å²) in [5.41, 5.74) is 0. The Morgan fingerprint density at radius 2 is 0.929 bits per heavy atom. The number of quaternary nitrogens is 1. The zero-order valence-corrected chi connectivity index (χ0v) is 18.5. The molecular formula is C20H40F6NP. The zero-order valence-electron chi connectivity index (χ0n) is 17.6. The van der Waals surface area contributed by atoms with Crippen LogP contribution in [0.3, 0.4) is 0 Å². The zero-order chi connectivity index (χ0) is 22.2. The summed E-state index contributed by atoms with van der Waals surface area (Å²) in [7, 11) is -10.7. The van der Waals surface area contributed by atoms with Crippen molar-refractivity contribution in [2.45, 2.75) is 78.1 Å². The molecule has 172 valence electrons. The second-order valence-corrected chi connectivity index (χ2v) is 9.43. The van der Waals surface area contributed by atoms with Crippen LogP contribution in [0.2, 0.25) is 0 Å². The molecule has 0 aromatic heterocycles. The van der Waals surface area contributed by atoms with E-state index >= 15 is 0 Å². The number of unbranched alkanes of at least 4 members (excludes halogenated alkanes) is 8. The molecule has 0 saturated heterocycles. The van der Waals surface area contributed by atoms with Gasteiger partial charge in [0.15, 0.2) is 0 Å². The topological polar surface area (TPSA) is 0 Å². The van der Waals surface area contributed by atoms with E-state index in [9.17, 15) is 25.2 Å². The van der Waals surface area contributed by atoms with Crippen LogP contribution in [-0.4, -0.2) is 30.7 Å². The third-order valence-corrected chi connectivity index (χ3v) is 4.50. The third-order valence-electron chi connectivity index (χ3n) is 4.50. The van der Waals surface area contributed by atoms with Crippen molar-refractivity contribution in [3.63, 3.8) is 0 Å². The molecular weight excluding hydrogens is 399 g/mol. The Morgan fingerprint density at radius 1 is 0.607 bits per heavy atom. The van der Waals surface area contributed by atoms with Crippen molar-refractivity contribution in [1.29, 1.82) is 0 Å². The van der Waals surface area contributed by atoms with Crippen molar-refractivity contribution >= 4 is 7.81 Å². The van der Waals surface area contributed by atoms with E-state index in [1.165, 1.54) is 81.8 Å². The van der Waals surface area contributed by atoms with Gasteiger partial charge in [0.05, 0.1) is 26.2 Å². The van der Waals surface area contributed by atoms with Gasteiger partial charge in [0.1, 0.15) is 0 Å². The first kappa shape index (κ1) is 29.6. The fourth-order valence-electron chi connectivity index (χ4n) is 3.17. The average Bonchev–Trinajstić information content (AvgIpc) is 2.53. The molecule has 0 aliphatic carbocycles. The van der Waals surface area contributed by atoms with E-state index in [0.717, 1.165) is 13.1 Å². The third kappa shape index (κ3) is 27.7. The number of rotatable bonds is 16. The Hall–Kier alpha value is -0.550. The van der Waals surface area contributed by atoms with E-state index in [4.69, 9.17) is 0 Å². The van der Waals surface area contributed by atoms with Crippen LogP contribution in [0.25, 0.3) is 0 Å². The fourth-order valence-corrected chi connectivity index (χ4v) is 3.17. The van der Waals surface area contributed by atoms with E-state index < -0.39 is 7.81 Å². The van der Waals surface area contributed by atoms with Gasteiger partial charge < -0.3 is 4.48 Å². The second-order valence-electron chi connectivity index (χ2n) is 7.52. The van der Waals surface area contributed by atoms with E-state index in [1.807, 2.05) is 0 Å². The van der Waals surface area contributed by atoms with E-state index in [1.54, 1.807) is 0 Å². The summed E-state index contributed by atoms with van der Waals surface area (Å²) < 4.78 is 60.4. The molecule has 28 heavy (non-hydrogen) atoms. The molecule has 0 saturated carbocycles. The Bertz CT molecular complexity index is 397. The van der Waals surface area contributed by atoms with Crippen molar-refractivity contribution < 1.29 is 29.7 Å². The van der Waals surface area contributed by atoms with Crippen molar-refractivity contribution in [2.75, 3.05) is 26.2 Å². The summed E-state index contributed by atoms with van der Waals surface area (Å²) in [6.45, 7) is 17.3. The van der Waals surface area contributed by atoms with Crippen LogP contribution in [0.15, 0.2) is 25.3 Å². The van der Waals surface area contributed by atoms with E-state index in [-0.39, 0.29) is 0 Å². The fraction of sp³-hybridized carbons (Fsp3) is 0.800. The standard InChI is InChI=1S/C20H40N.F6P/c1-5-9-11-12-13-14-15-16-20-21(17-7-3,18-8-4)19-10-6-2;1-7(2,3,4,5)6/h7-8H,3-6,9-20H2,1-2H3;/q+1;-1. The first-order valence-electron chi connectivity index (χ1n) is 10.3. The minimum atomic E-state index is -10.7. The van der Waals surface area contributed by atoms with E-state index in [2.05, 4.69) is 39.2 Å². The summed E-state index contributed by atoms with van der Waals surface area (Å²) >= 11 is 0. The minimum absolute atomic E-state index is 1.10. The first-order chi connectivity index (χ1) is 12.7. The molecule has 0 spiro atoms. The van der Waals surface area contributed by atoms with Gasteiger partial charge in [-0.05, 0) is 31.4 Å². The van der Waals surface area contributed by atoms with Gasteiger partial charge in [-0.2, -0.15) is 0 Å². The molecule has 0 heterocycles. The monoisotopic (exact) mass is 439 g/mol. The summed E-state index contributed by atoms with van der Waals surface area (Å²) in [6.07, 6.45) is 18.0. The Morgan fingerprint density at radius 3 is 1.29 bits per heavy atom. The van der Waals surface area contributed by atoms with E-state index in [0.29, 0.717) is 0 Å². The van der Waals surface area contributed by atoms with Crippen molar-refractivity contribution in [3.05, 3.63) is 25.3 Å². The Balaban J connectivity index is 0. The second kappa shape index (κ2) is 12.9. The molecule has 0 atom stereocenters. The summed E-state index contributed by atoms with van der Waals surface area (Å²) in [6, 6.07) is 0. The Kier molecular flexibility index (Phi) is 13.7. The van der Waals surface area contributed by atoms with Crippen LogP contribution in [-0.2, 0) is 0 Å². The molecule has 1 nitrogen and oxygen atoms in total. The van der Waals surface area contributed by atoms with Gasteiger partial charge in [-0.3, -0.25) is 0 Å². The average molecular weight is 440 g/mol. The van der Waals surface area contributed by atoms with Gasteiger partial charge in [0.2, 0.25) is 0 Å². The van der Waals surface area contributed by atoms with Crippen LogP contribution in [0, 0.1) is 0 Å². The molecule has 0 rings (SSSR count). The van der Waals surface area contributed by atoms with Crippen molar-refractivity contribution in [2.24, 2.45) is 0 Å². The number of hydrogen-bond donors (Lipinski definition) is 0. The van der Waals surface area contributed by atoms with Crippen LogP contribution in [0.1, 0.15) is 78.1 Å². The Labute approximate surface area is 167 Å². The maximum atomic E-state index is 9.87. The molecule has 0 bridgehead atoms. The summed E-state index contributed by atoms with van der Waals surface area (Å²) in [5.74, 6) is 0. The molecule has 0 aromatic rings. The maximum absolute atomic E-state index is 10.7. The van der Waals surface area contributed by atoms with Crippen molar-refractivity contribution in [3.8, 4) is 0 Å². The SMILES string of the molecule is C=CC[N+](CC=C)(CCCC)CCCCCCCCCC.F[P-](F)(F)(F)(F)F.